The van der Waals surface area contributed by atoms with E-state index in [4.69, 9.17) is 0 Å². The highest BCUT2D eigenvalue weighted by Gasteiger charge is 2.25. The molecule has 5 nitrogen and oxygen atoms in total. The third kappa shape index (κ3) is 4.12. The van der Waals surface area contributed by atoms with Crippen LogP contribution in [-0.4, -0.2) is 29.0 Å². The molecule has 0 atom stereocenters. The number of carbonyl (C=O) groups is 1. The lowest BCUT2D eigenvalue weighted by Crippen LogP contribution is -2.38. The molecule has 0 spiro atoms. The second kappa shape index (κ2) is 8.56. The number of anilines is 2. The molecule has 2 aromatic heterocycles. The Morgan fingerprint density at radius 1 is 0.871 bits per heavy atom. The molecule has 31 heavy (non-hydrogen) atoms. The van der Waals surface area contributed by atoms with Crippen molar-refractivity contribution in [2.24, 2.45) is 5.92 Å². The molecule has 1 fully saturated rings. The molecule has 1 aliphatic heterocycles. The van der Waals surface area contributed by atoms with Crippen molar-refractivity contribution in [3.8, 4) is 11.1 Å². The van der Waals surface area contributed by atoms with Gasteiger partial charge < -0.3 is 10.2 Å². The van der Waals surface area contributed by atoms with Gasteiger partial charge in [-0.15, -0.1) is 0 Å². The molecule has 3 heterocycles. The highest BCUT2D eigenvalue weighted by atomic mass is 16.1. The van der Waals surface area contributed by atoms with Crippen LogP contribution in [-0.2, 0) is 4.79 Å². The van der Waals surface area contributed by atoms with Crippen molar-refractivity contribution in [3.63, 3.8) is 0 Å². The molecule has 0 bridgehead atoms. The van der Waals surface area contributed by atoms with E-state index >= 15 is 0 Å². The number of aromatic nitrogens is 2. The van der Waals surface area contributed by atoms with Crippen LogP contribution in [0.3, 0.4) is 0 Å². The largest absolute Gasteiger partial charge is 0.371 e. The zero-order valence-electron chi connectivity index (χ0n) is 17.2. The minimum atomic E-state index is 0.00523. The molecular formula is C26H24N4O. The Morgan fingerprint density at radius 2 is 1.65 bits per heavy atom. The van der Waals surface area contributed by atoms with Crippen molar-refractivity contribution >= 4 is 28.1 Å². The number of fused-ring (bicyclic) bond motifs is 1. The lowest BCUT2D eigenvalue weighted by Gasteiger charge is -2.33. The van der Waals surface area contributed by atoms with Crippen LogP contribution < -0.4 is 10.2 Å². The lowest BCUT2D eigenvalue weighted by molar-refractivity contribution is -0.120. The van der Waals surface area contributed by atoms with E-state index in [0.29, 0.717) is 0 Å². The van der Waals surface area contributed by atoms with Gasteiger partial charge in [0.2, 0.25) is 5.91 Å². The Morgan fingerprint density at radius 3 is 2.48 bits per heavy atom. The minimum Gasteiger partial charge on any atom is -0.371 e. The van der Waals surface area contributed by atoms with Gasteiger partial charge in [-0.05, 0) is 42.2 Å². The average molecular weight is 409 g/mol. The summed E-state index contributed by atoms with van der Waals surface area (Å²) in [6, 6.07) is 21.0. The predicted molar refractivity (Wildman–Crippen MR) is 125 cm³/mol. The standard InChI is InChI=1S/C26H24N4O/c31-26(29-25-18-28-17-22-16-27-12-9-24(22)25)20-10-13-30(14-11-20)23-8-4-7-21(15-23)19-5-2-1-3-6-19/h1-9,12,15-18,20H,10-11,13-14H2,(H,29,31). The Kier molecular flexibility index (Phi) is 5.31. The second-order valence-corrected chi connectivity index (χ2v) is 7.95. The predicted octanol–water partition coefficient (Wildman–Crippen LogP) is 5.15. The molecule has 1 amide bonds. The first-order valence-corrected chi connectivity index (χ1v) is 10.7. The number of nitrogens with zero attached hydrogens (tertiary/aromatic N) is 3. The van der Waals surface area contributed by atoms with Crippen LogP contribution in [0.1, 0.15) is 12.8 Å². The summed E-state index contributed by atoms with van der Waals surface area (Å²) < 4.78 is 0. The first-order chi connectivity index (χ1) is 15.3. The van der Waals surface area contributed by atoms with Gasteiger partial charge in [0.1, 0.15) is 0 Å². The number of benzene rings is 2. The maximum Gasteiger partial charge on any atom is 0.227 e. The quantitative estimate of drug-likeness (QED) is 0.507. The van der Waals surface area contributed by atoms with E-state index in [0.717, 1.165) is 42.4 Å². The van der Waals surface area contributed by atoms with Crippen LogP contribution in [0.4, 0.5) is 11.4 Å². The third-order valence-corrected chi connectivity index (χ3v) is 6.00. The first kappa shape index (κ1) is 19.2. The number of piperidine rings is 1. The zero-order chi connectivity index (χ0) is 21.0. The normalized spacial score (nSPS) is 14.5. The smallest absolute Gasteiger partial charge is 0.227 e. The molecule has 2 aromatic carbocycles. The SMILES string of the molecule is O=C(Nc1cncc2cnccc12)C1CCN(c2cccc(-c3ccccc3)c2)CC1. The Bertz CT molecular complexity index is 1190. The van der Waals surface area contributed by atoms with Gasteiger partial charge in [0.15, 0.2) is 0 Å². The molecule has 1 saturated heterocycles. The molecule has 0 radical (unpaired) electrons. The summed E-state index contributed by atoms with van der Waals surface area (Å²) in [6.45, 7) is 1.74. The number of carbonyl (C=O) groups excluding carboxylic acids is 1. The lowest BCUT2D eigenvalue weighted by atomic mass is 9.95. The minimum absolute atomic E-state index is 0.00523. The van der Waals surface area contributed by atoms with Crippen molar-refractivity contribution in [1.82, 2.24) is 9.97 Å². The average Bonchev–Trinajstić information content (AvgIpc) is 2.85. The van der Waals surface area contributed by atoms with Crippen molar-refractivity contribution in [2.45, 2.75) is 12.8 Å². The second-order valence-electron chi connectivity index (χ2n) is 7.95. The highest BCUT2D eigenvalue weighted by Crippen LogP contribution is 2.29. The number of rotatable bonds is 4. The van der Waals surface area contributed by atoms with E-state index in [1.807, 2.05) is 12.1 Å². The summed E-state index contributed by atoms with van der Waals surface area (Å²) in [5.74, 6) is 0.0782. The van der Waals surface area contributed by atoms with Gasteiger partial charge in [-0.1, -0.05) is 42.5 Å². The summed E-state index contributed by atoms with van der Waals surface area (Å²) >= 11 is 0. The van der Waals surface area contributed by atoms with Gasteiger partial charge in [0, 0.05) is 54.1 Å². The molecule has 5 heteroatoms. The molecular weight excluding hydrogens is 384 g/mol. The van der Waals surface area contributed by atoms with Gasteiger partial charge in [0.25, 0.3) is 0 Å². The maximum absolute atomic E-state index is 12.9. The van der Waals surface area contributed by atoms with Crippen LogP contribution in [0.5, 0.6) is 0 Å². The summed E-state index contributed by atoms with van der Waals surface area (Å²) in [5.41, 5.74) is 4.40. The number of hydrogen-bond donors (Lipinski definition) is 1. The van der Waals surface area contributed by atoms with E-state index in [1.54, 1.807) is 24.8 Å². The first-order valence-electron chi connectivity index (χ1n) is 10.7. The number of hydrogen-bond acceptors (Lipinski definition) is 4. The fourth-order valence-electron chi connectivity index (χ4n) is 4.26. The fraction of sp³-hybridized carbons (Fsp3) is 0.192. The van der Waals surface area contributed by atoms with Gasteiger partial charge in [-0.2, -0.15) is 0 Å². The molecule has 0 unspecified atom stereocenters. The number of nitrogens with one attached hydrogen (secondary N) is 1. The summed E-state index contributed by atoms with van der Waals surface area (Å²) in [5, 5.41) is 4.98. The molecule has 4 aromatic rings. The van der Waals surface area contributed by atoms with Gasteiger partial charge >= 0.3 is 0 Å². The van der Waals surface area contributed by atoms with Crippen molar-refractivity contribution < 1.29 is 4.79 Å². The summed E-state index contributed by atoms with van der Waals surface area (Å²) in [4.78, 5) is 23.7. The monoisotopic (exact) mass is 408 g/mol. The Balaban J connectivity index is 1.25. The van der Waals surface area contributed by atoms with Gasteiger partial charge in [-0.3, -0.25) is 14.8 Å². The molecule has 154 valence electrons. The zero-order valence-corrected chi connectivity index (χ0v) is 17.2. The van der Waals surface area contributed by atoms with Crippen molar-refractivity contribution in [2.75, 3.05) is 23.3 Å². The van der Waals surface area contributed by atoms with Crippen molar-refractivity contribution in [1.29, 1.82) is 0 Å². The summed E-state index contributed by atoms with van der Waals surface area (Å²) in [6.07, 6.45) is 8.65. The van der Waals surface area contributed by atoms with Crippen molar-refractivity contribution in [3.05, 3.63) is 85.5 Å². The van der Waals surface area contributed by atoms with Crippen LogP contribution in [0.25, 0.3) is 21.9 Å². The van der Waals surface area contributed by atoms with Gasteiger partial charge in [0.05, 0.1) is 11.9 Å². The number of pyridine rings is 2. The fourth-order valence-corrected chi connectivity index (χ4v) is 4.26. The van der Waals surface area contributed by atoms with E-state index in [-0.39, 0.29) is 11.8 Å². The maximum atomic E-state index is 12.9. The Hall–Kier alpha value is -3.73. The van der Waals surface area contributed by atoms with Crippen LogP contribution in [0.2, 0.25) is 0 Å². The van der Waals surface area contributed by atoms with E-state index in [1.165, 1.54) is 16.8 Å². The third-order valence-electron chi connectivity index (χ3n) is 6.00. The van der Waals surface area contributed by atoms with Crippen LogP contribution in [0.15, 0.2) is 85.5 Å². The molecule has 0 saturated carbocycles. The van der Waals surface area contributed by atoms with E-state index < -0.39 is 0 Å². The number of amides is 1. The van der Waals surface area contributed by atoms with E-state index in [2.05, 4.69) is 68.7 Å². The molecule has 1 N–H and O–H groups in total. The highest BCUT2D eigenvalue weighted by molar-refractivity contribution is 6.02. The molecule has 1 aliphatic rings. The van der Waals surface area contributed by atoms with E-state index in [9.17, 15) is 4.79 Å². The molecule has 0 aliphatic carbocycles. The van der Waals surface area contributed by atoms with Gasteiger partial charge in [-0.25, -0.2) is 0 Å². The van der Waals surface area contributed by atoms with Crippen LogP contribution >= 0.6 is 0 Å². The summed E-state index contributed by atoms with van der Waals surface area (Å²) in [7, 11) is 0. The Labute approximate surface area is 181 Å². The molecule has 5 rings (SSSR count). The van der Waals surface area contributed by atoms with Crippen LogP contribution in [0, 0.1) is 5.92 Å². The topological polar surface area (TPSA) is 58.1 Å².